The number of hydrogen-bond donors (Lipinski definition) is 3. The summed E-state index contributed by atoms with van der Waals surface area (Å²) < 4.78 is 9.65. The van der Waals surface area contributed by atoms with Crippen molar-refractivity contribution >= 4 is 36.3 Å². The predicted octanol–water partition coefficient (Wildman–Crippen LogP) is 0.928. The third-order valence-corrected chi connectivity index (χ3v) is 3.49. The Kier molecular flexibility index (Phi) is 5.20. The van der Waals surface area contributed by atoms with Crippen molar-refractivity contribution in [1.29, 1.82) is 0 Å². The van der Waals surface area contributed by atoms with Crippen LogP contribution in [0.4, 0.5) is 4.79 Å². The van der Waals surface area contributed by atoms with Gasteiger partial charge in [-0.25, -0.2) is 19.9 Å². The van der Waals surface area contributed by atoms with Crippen LogP contribution in [0.3, 0.4) is 0 Å². The number of hydroxylamine groups is 1. The summed E-state index contributed by atoms with van der Waals surface area (Å²) >= 11 is 5.26. The number of carbonyl (C=O) groups is 2. The number of nitrogens with one attached hydrogen (secondary N) is 2. The lowest BCUT2D eigenvalue weighted by Crippen LogP contribution is -2.36. The molecule has 1 aromatic heterocycles. The van der Waals surface area contributed by atoms with Crippen LogP contribution in [0.25, 0.3) is 0 Å². The van der Waals surface area contributed by atoms with Crippen LogP contribution in [0.5, 0.6) is 0 Å². The van der Waals surface area contributed by atoms with Gasteiger partial charge in [0.25, 0.3) is 0 Å². The van der Waals surface area contributed by atoms with E-state index in [1.165, 1.54) is 13.2 Å². The fraction of sp³-hybridized carbons (Fsp3) is 0.0909. The number of aromatic nitrogens is 3. The Balaban J connectivity index is 2.04. The molecule has 0 bridgehead atoms. The Morgan fingerprint density at radius 2 is 2.09 bits per heavy atom. The van der Waals surface area contributed by atoms with Crippen molar-refractivity contribution in [2.45, 2.75) is 4.90 Å². The molecule has 1 heterocycles. The van der Waals surface area contributed by atoms with Crippen LogP contribution < -0.4 is 11.2 Å². The zero-order valence-corrected chi connectivity index (χ0v) is 13.1. The number of benzene rings is 1. The molecular formula is C11H10N4O6S2. The Hall–Kier alpha value is -2.57. The number of methoxy groups -OCH3 is 1. The summed E-state index contributed by atoms with van der Waals surface area (Å²) in [4.78, 5) is 35.1. The van der Waals surface area contributed by atoms with Gasteiger partial charge in [0.1, 0.15) is 0 Å². The average molecular weight is 358 g/mol. The zero-order valence-electron chi connectivity index (χ0n) is 11.5. The molecule has 0 aliphatic rings. The van der Waals surface area contributed by atoms with Gasteiger partial charge in [0, 0.05) is 0 Å². The minimum absolute atomic E-state index is 0.0919. The van der Waals surface area contributed by atoms with Gasteiger partial charge < -0.3 is 9.94 Å². The summed E-state index contributed by atoms with van der Waals surface area (Å²) in [7, 11) is 1.24. The fourth-order valence-electron chi connectivity index (χ4n) is 1.47. The number of H-pyrrole nitrogens is 1. The lowest BCUT2D eigenvalue weighted by Gasteiger charge is -2.07. The molecule has 1 amide bonds. The van der Waals surface area contributed by atoms with Crippen LogP contribution >= 0.6 is 24.3 Å². The van der Waals surface area contributed by atoms with E-state index >= 15 is 0 Å². The van der Waals surface area contributed by atoms with Crippen molar-refractivity contribution in [2.75, 3.05) is 7.11 Å². The van der Waals surface area contributed by atoms with Crippen LogP contribution in [0.1, 0.15) is 10.4 Å². The van der Waals surface area contributed by atoms with Gasteiger partial charge in [-0.05, 0) is 24.4 Å². The van der Waals surface area contributed by atoms with E-state index in [4.69, 9.17) is 4.28 Å². The largest absolute Gasteiger partial charge is 0.465 e. The number of nitrogens with zero attached hydrogens (tertiary/aromatic N) is 2. The summed E-state index contributed by atoms with van der Waals surface area (Å²) in [5.74, 6) is -0.569. The second kappa shape index (κ2) is 7.13. The first kappa shape index (κ1) is 16.8. The number of esters is 1. The second-order valence-electron chi connectivity index (χ2n) is 3.91. The maximum atomic E-state index is 11.7. The molecular weight excluding hydrogens is 348 g/mol. The number of hydrogen-bond acceptors (Lipinski definition) is 8. The predicted molar refractivity (Wildman–Crippen MR) is 79.7 cm³/mol. The van der Waals surface area contributed by atoms with Gasteiger partial charge in [-0.2, -0.15) is 4.28 Å². The third kappa shape index (κ3) is 3.61. The van der Waals surface area contributed by atoms with Gasteiger partial charge in [-0.15, -0.1) is 9.41 Å². The summed E-state index contributed by atoms with van der Waals surface area (Å²) in [5, 5.41) is 11.3. The average Bonchev–Trinajstić information content (AvgIpc) is 2.82. The van der Waals surface area contributed by atoms with E-state index in [1.54, 1.807) is 18.2 Å². The van der Waals surface area contributed by atoms with Crippen molar-refractivity contribution in [3.63, 3.8) is 0 Å². The molecule has 0 aliphatic carbocycles. The van der Waals surface area contributed by atoms with Crippen molar-refractivity contribution in [1.82, 2.24) is 20.0 Å². The van der Waals surface area contributed by atoms with Gasteiger partial charge in [-0.3, -0.25) is 5.10 Å². The highest BCUT2D eigenvalue weighted by atomic mass is 32.2. The molecule has 23 heavy (non-hydrogen) atoms. The molecule has 0 radical (unpaired) electrons. The maximum Gasteiger partial charge on any atom is 0.387 e. The van der Waals surface area contributed by atoms with Gasteiger partial charge in [0.15, 0.2) is 0 Å². The van der Waals surface area contributed by atoms with Crippen molar-refractivity contribution in [2.24, 2.45) is 0 Å². The van der Waals surface area contributed by atoms with Crippen LogP contribution in [-0.4, -0.2) is 38.8 Å². The van der Waals surface area contributed by atoms with Gasteiger partial charge in [0.05, 0.1) is 29.6 Å². The highest BCUT2D eigenvalue weighted by molar-refractivity contribution is 7.94. The molecule has 0 fully saturated rings. The first-order valence-corrected chi connectivity index (χ1v) is 7.05. The maximum absolute atomic E-state index is 11.7. The Labute approximate surface area is 137 Å². The summed E-state index contributed by atoms with van der Waals surface area (Å²) in [6.45, 7) is 0. The van der Waals surface area contributed by atoms with Gasteiger partial charge in [0.2, 0.25) is 4.77 Å². The van der Waals surface area contributed by atoms with Crippen molar-refractivity contribution < 1.29 is 23.8 Å². The highest BCUT2D eigenvalue weighted by Crippen LogP contribution is 2.23. The molecule has 1 aromatic carbocycles. The van der Waals surface area contributed by atoms with E-state index in [2.05, 4.69) is 22.1 Å². The molecule has 0 atom stereocenters. The van der Waals surface area contributed by atoms with E-state index in [1.807, 2.05) is 5.48 Å². The van der Waals surface area contributed by atoms with Crippen molar-refractivity contribution in [3.05, 3.63) is 45.1 Å². The normalized spacial score (nSPS) is 10.3. The van der Waals surface area contributed by atoms with E-state index in [0.717, 1.165) is 0 Å². The minimum atomic E-state index is -1.09. The quantitative estimate of drug-likeness (QED) is 0.242. The SMILES string of the molecule is COC(=O)c1ccccc1SONC(=O)n1[nH]c(=S)n(O)c1=O. The van der Waals surface area contributed by atoms with E-state index < -0.39 is 17.7 Å². The molecule has 2 aromatic rings. The zero-order chi connectivity index (χ0) is 17.0. The molecule has 0 spiro atoms. The highest BCUT2D eigenvalue weighted by Gasteiger charge is 2.15. The Morgan fingerprint density at radius 1 is 1.39 bits per heavy atom. The Morgan fingerprint density at radius 3 is 2.70 bits per heavy atom. The van der Waals surface area contributed by atoms with Crippen LogP contribution in [0.2, 0.25) is 0 Å². The monoisotopic (exact) mass is 358 g/mol. The number of amides is 1. The summed E-state index contributed by atoms with van der Waals surface area (Å²) in [6, 6.07) is 5.38. The number of ether oxygens (including phenoxy) is 1. The molecule has 10 nitrogen and oxygen atoms in total. The minimum Gasteiger partial charge on any atom is -0.465 e. The first-order valence-electron chi connectivity index (χ1n) is 5.90. The molecule has 12 heteroatoms. The molecule has 122 valence electrons. The molecule has 0 aliphatic heterocycles. The van der Waals surface area contributed by atoms with Crippen LogP contribution in [0, 0.1) is 4.77 Å². The topological polar surface area (TPSA) is 128 Å². The third-order valence-electron chi connectivity index (χ3n) is 2.53. The van der Waals surface area contributed by atoms with Gasteiger partial charge >= 0.3 is 17.7 Å². The van der Waals surface area contributed by atoms with Crippen LogP contribution in [0.15, 0.2) is 34.0 Å². The van der Waals surface area contributed by atoms with E-state index in [0.29, 0.717) is 21.6 Å². The van der Waals surface area contributed by atoms with Gasteiger partial charge in [-0.1, -0.05) is 12.1 Å². The van der Waals surface area contributed by atoms with E-state index in [9.17, 15) is 19.6 Å². The molecule has 0 saturated carbocycles. The summed E-state index contributed by atoms with van der Waals surface area (Å²) in [6.07, 6.45) is 0. The lowest BCUT2D eigenvalue weighted by molar-refractivity contribution is 0.0596. The Bertz CT molecular complexity index is 855. The molecule has 0 saturated heterocycles. The first-order chi connectivity index (χ1) is 11.0. The summed E-state index contributed by atoms with van der Waals surface area (Å²) in [5.41, 5.74) is 1.10. The number of carbonyl (C=O) groups excluding carboxylic acids is 2. The van der Waals surface area contributed by atoms with Crippen molar-refractivity contribution in [3.8, 4) is 0 Å². The number of aromatic amines is 1. The second-order valence-corrected chi connectivity index (χ2v) is 5.07. The molecule has 0 unspecified atom stereocenters. The lowest BCUT2D eigenvalue weighted by atomic mass is 10.2. The smallest absolute Gasteiger partial charge is 0.387 e. The fourth-order valence-corrected chi connectivity index (χ4v) is 2.22. The molecule has 3 N–H and O–H groups in total. The van der Waals surface area contributed by atoms with Crippen LogP contribution in [-0.2, 0) is 9.02 Å². The molecule has 2 rings (SSSR count). The standard InChI is InChI=1S/C11H10N4O6S2/c1-20-8(16)6-4-2-3-5-7(6)23-21-13-9(17)14-11(18)15(19)10(22)12-14/h2-5,19H,1H3,(H,12,22)(H,13,17). The number of rotatable bonds is 4. The van der Waals surface area contributed by atoms with E-state index in [-0.39, 0.29) is 15.1 Å².